The highest BCUT2D eigenvalue weighted by molar-refractivity contribution is 6.16. The van der Waals surface area contributed by atoms with E-state index in [1.54, 1.807) is 0 Å². The van der Waals surface area contributed by atoms with Crippen molar-refractivity contribution in [1.29, 1.82) is 0 Å². The highest BCUT2D eigenvalue weighted by Gasteiger charge is 2.22. The van der Waals surface area contributed by atoms with Crippen molar-refractivity contribution in [2.75, 3.05) is 6.61 Å². The van der Waals surface area contributed by atoms with Crippen LogP contribution in [0.15, 0.2) is 78.9 Å². The largest absolute Gasteiger partial charge is 0.452 e. The Kier molecular flexibility index (Phi) is 5.13. The van der Waals surface area contributed by atoms with Gasteiger partial charge in [0.25, 0.3) is 5.91 Å². The van der Waals surface area contributed by atoms with Crippen LogP contribution in [0.1, 0.15) is 40.4 Å². The molecule has 0 spiro atoms. The van der Waals surface area contributed by atoms with E-state index < -0.39 is 5.97 Å². The van der Waals surface area contributed by atoms with Gasteiger partial charge in [0.1, 0.15) is 0 Å². The molecule has 0 fully saturated rings. The Hall–Kier alpha value is -3.66. The molecule has 154 valence electrons. The van der Waals surface area contributed by atoms with Crippen molar-refractivity contribution >= 4 is 33.4 Å². The highest BCUT2D eigenvalue weighted by Crippen LogP contribution is 2.30. The van der Waals surface area contributed by atoms with E-state index in [9.17, 15) is 9.59 Å². The standard InChI is InChI=1S/C27H23NO3/c29-25(28-24-15-7-11-18-8-1-4-12-21(18)24)17-31-27(30)26-22-13-5-2-9-19(22)16-20-10-3-6-14-23(20)26/h1-6,8-10,12-14,16,24H,7,11,15,17H2,(H,28,29)/t24-/m0/s1. The van der Waals surface area contributed by atoms with E-state index in [1.807, 2.05) is 60.7 Å². The second-order valence-corrected chi connectivity index (χ2v) is 7.98. The van der Waals surface area contributed by atoms with Crippen LogP contribution in [-0.2, 0) is 16.0 Å². The summed E-state index contributed by atoms with van der Waals surface area (Å²) in [6, 6.07) is 25.7. The van der Waals surface area contributed by atoms with Crippen molar-refractivity contribution in [3.63, 3.8) is 0 Å². The monoisotopic (exact) mass is 409 g/mol. The fourth-order valence-corrected chi connectivity index (χ4v) is 4.58. The third-order valence-electron chi connectivity index (χ3n) is 6.01. The van der Waals surface area contributed by atoms with Gasteiger partial charge in [0, 0.05) is 0 Å². The molecule has 4 nitrogen and oxygen atoms in total. The lowest BCUT2D eigenvalue weighted by molar-refractivity contribution is -0.125. The molecule has 1 N–H and O–H groups in total. The Morgan fingerprint density at radius 1 is 0.871 bits per heavy atom. The van der Waals surface area contributed by atoms with E-state index in [1.165, 1.54) is 5.56 Å². The number of rotatable bonds is 4. The van der Waals surface area contributed by atoms with Gasteiger partial charge in [-0.2, -0.15) is 0 Å². The van der Waals surface area contributed by atoms with Crippen LogP contribution in [0.25, 0.3) is 21.5 Å². The van der Waals surface area contributed by atoms with E-state index in [4.69, 9.17) is 4.74 Å². The van der Waals surface area contributed by atoms with E-state index in [0.29, 0.717) is 5.56 Å². The minimum absolute atomic E-state index is 0.0328. The molecule has 0 aliphatic heterocycles. The fourth-order valence-electron chi connectivity index (χ4n) is 4.58. The number of esters is 1. The van der Waals surface area contributed by atoms with E-state index in [-0.39, 0.29) is 18.6 Å². The van der Waals surface area contributed by atoms with E-state index >= 15 is 0 Å². The van der Waals surface area contributed by atoms with Crippen LogP contribution in [0.3, 0.4) is 0 Å². The Labute approximate surface area is 180 Å². The molecule has 1 aliphatic rings. The number of benzene rings is 4. The van der Waals surface area contributed by atoms with Gasteiger partial charge in [0.15, 0.2) is 6.61 Å². The van der Waals surface area contributed by atoms with Crippen LogP contribution in [-0.4, -0.2) is 18.5 Å². The summed E-state index contributed by atoms with van der Waals surface area (Å²) in [4.78, 5) is 25.7. The molecule has 31 heavy (non-hydrogen) atoms. The number of aryl methyl sites for hydroxylation is 1. The molecule has 4 aromatic carbocycles. The lowest BCUT2D eigenvalue weighted by Gasteiger charge is -2.26. The molecular weight excluding hydrogens is 386 g/mol. The average Bonchev–Trinajstić information content (AvgIpc) is 2.81. The van der Waals surface area contributed by atoms with Crippen LogP contribution >= 0.6 is 0 Å². The summed E-state index contributed by atoms with van der Waals surface area (Å²) in [6.07, 6.45) is 2.96. The molecule has 1 aliphatic carbocycles. The normalized spacial score (nSPS) is 15.4. The Morgan fingerprint density at radius 2 is 1.52 bits per heavy atom. The first-order valence-corrected chi connectivity index (χ1v) is 10.7. The maximum Gasteiger partial charge on any atom is 0.339 e. The molecule has 1 amide bonds. The van der Waals surface area contributed by atoms with Gasteiger partial charge in [0.05, 0.1) is 11.6 Å². The van der Waals surface area contributed by atoms with Crippen LogP contribution in [0.2, 0.25) is 0 Å². The van der Waals surface area contributed by atoms with E-state index in [2.05, 4.69) is 23.5 Å². The van der Waals surface area contributed by atoms with Crippen LogP contribution in [0.4, 0.5) is 0 Å². The lowest BCUT2D eigenvalue weighted by Crippen LogP contribution is -2.34. The maximum atomic E-state index is 13.1. The second kappa shape index (κ2) is 8.23. The molecular formula is C27H23NO3. The van der Waals surface area contributed by atoms with E-state index in [0.717, 1.165) is 46.4 Å². The number of carbonyl (C=O) groups is 2. The summed E-state index contributed by atoms with van der Waals surface area (Å²) in [6.45, 7) is -0.297. The summed E-state index contributed by atoms with van der Waals surface area (Å²) >= 11 is 0. The number of hydrogen-bond donors (Lipinski definition) is 1. The van der Waals surface area contributed by atoms with Crippen molar-refractivity contribution < 1.29 is 14.3 Å². The molecule has 0 radical (unpaired) electrons. The third kappa shape index (κ3) is 3.77. The minimum Gasteiger partial charge on any atom is -0.452 e. The molecule has 0 saturated heterocycles. The number of carbonyl (C=O) groups excluding carboxylic acids is 2. The SMILES string of the molecule is O=C(COC(=O)c1c2ccccc2cc2ccccc12)N[C@H]1CCCc2ccccc21. The lowest BCUT2D eigenvalue weighted by atomic mass is 9.88. The number of hydrogen-bond acceptors (Lipinski definition) is 3. The predicted molar refractivity (Wildman–Crippen MR) is 122 cm³/mol. The molecule has 4 heteroatoms. The van der Waals surface area contributed by atoms with Crippen molar-refractivity contribution in [3.8, 4) is 0 Å². The molecule has 5 rings (SSSR count). The maximum absolute atomic E-state index is 13.1. The van der Waals surface area contributed by atoms with Crippen LogP contribution < -0.4 is 5.32 Å². The Morgan fingerprint density at radius 3 is 2.26 bits per heavy atom. The summed E-state index contributed by atoms with van der Waals surface area (Å²) in [5.41, 5.74) is 2.94. The average molecular weight is 409 g/mol. The zero-order valence-electron chi connectivity index (χ0n) is 17.1. The Bertz CT molecular complexity index is 1240. The van der Waals surface area contributed by atoms with Gasteiger partial charge in [-0.1, -0.05) is 72.8 Å². The molecule has 4 aromatic rings. The molecule has 0 bridgehead atoms. The van der Waals surface area contributed by atoms with Crippen LogP contribution in [0.5, 0.6) is 0 Å². The summed E-state index contributed by atoms with van der Waals surface area (Å²) in [5.74, 6) is -0.758. The van der Waals surface area contributed by atoms with Gasteiger partial charge < -0.3 is 10.1 Å². The van der Waals surface area contributed by atoms with Crippen molar-refractivity contribution in [2.24, 2.45) is 0 Å². The van der Waals surface area contributed by atoms with Gasteiger partial charge in [-0.25, -0.2) is 4.79 Å². The Balaban J connectivity index is 1.35. The molecule has 0 saturated carbocycles. The fraction of sp³-hybridized carbons (Fsp3) is 0.185. The van der Waals surface area contributed by atoms with Crippen molar-refractivity contribution in [1.82, 2.24) is 5.32 Å². The number of fused-ring (bicyclic) bond motifs is 3. The summed E-state index contributed by atoms with van der Waals surface area (Å²) in [5, 5.41) is 6.63. The van der Waals surface area contributed by atoms with Crippen molar-refractivity contribution in [2.45, 2.75) is 25.3 Å². The number of nitrogens with one attached hydrogen (secondary N) is 1. The first kappa shape index (κ1) is 19.3. The summed E-state index contributed by atoms with van der Waals surface area (Å²) in [7, 11) is 0. The smallest absolute Gasteiger partial charge is 0.339 e. The van der Waals surface area contributed by atoms with Crippen LogP contribution in [0, 0.1) is 0 Å². The molecule has 0 heterocycles. The van der Waals surface area contributed by atoms with Gasteiger partial charge in [-0.15, -0.1) is 0 Å². The number of amides is 1. The molecule has 0 unspecified atom stereocenters. The van der Waals surface area contributed by atoms with Gasteiger partial charge >= 0.3 is 5.97 Å². The second-order valence-electron chi connectivity index (χ2n) is 7.98. The summed E-state index contributed by atoms with van der Waals surface area (Å²) < 4.78 is 5.48. The minimum atomic E-state index is -0.479. The first-order valence-electron chi connectivity index (χ1n) is 10.7. The molecule has 1 atom stereocenters. The zero-order valence-corrected chi connectivity index (χ0v) is 17.1. The predicted octanol–water partition coefficient (Wildman–Crippen LogP) is 5.34. The van der Waals surface area contributed by atoms with Gasteiger partial charge in [-0.3, -0.25) is 4.79 Å². The quantitative estimate of drug-likeness (QED) is 0.365. The third-order valence-corrected chi connectivity index (χ3v) is 6.01. The van der Waals surface area contributed by atoms with Crippen molar-refractivity contribution in [3.05, 3.63) is 95.6 Å². The molecule has 0 aromatic heterocycles. The topological polar surface area (TPSA) is 55.4 Å². The number of ether oxygens (including phenoxy) is 1. The first-order chi connectivity index (χ1) is 15.2. The van der Waals surface area contributed by atoms with Gasteiger partial charge in [0.2, 0.25) is 0 Å². The van der Waals surface area contributed by atoms with Gasteiger partial charge in [-0.05, 0) is 58.0 Å². The highest BCUT2D eigenvalue weighted by atomic mass is 16.5. The zero-order chi connectivity index (χ0) is 21.2.